The van der Waals surface area contributed by atoms with Crippen molar-refractivity contribution in [2.75, 3.05) is 19.6 Å². The summed E-state index contributed by atoms with van der Waals surface area (Å²) in [6.45, 7) is 0.925. The number of piperidine rings is 1. The summed E-state index contributed by atoms with van der Waals surface area (Å²) in [6.07, 6.45) is -9.69. The average Bonchev–Trinajstić information content (AvgIpc) is 2.72. The largest absolute Gasteiger partial charge is 0.416 e. The fourth-order valence-electron chi connectivity index (χ4n) is 3.77. The highest BCUT2D eigenvalue weighted by Crippen LogP contribution is 2.37. The Kier molecular flexibility index (Phi) is 6.92. The van der Waals surface area contributed by atoms with Crippen molar-refractivity contribution in [3.63, 3.8) is 0 Å². The first-order chi connectivity index (χ1) is 14.6. The third kappa shape index (κ3) is 5.99. The Labute approximate surface area is 175 Å². The number of benzene rings is 2. The first-order valence-corrected chi connectivity index (χ1v) is 9.62. The lowest BCUT2D eigenvalue weighted by atomic mass is 9.88. The first kappa shape index (κ1) is 23.1. The topological polar surface area (TPSA) is 36.3 Å². The summed E-state index contributed by atoms with van der Waals surface area (Å²) in [7, 11) is 0. The normalized spacial score (nSPS) is 20.4. The number of ether oxygens (including phenoxy) is 1. The van der Waals surface area contributed by atoms with Crippen LogP contribution in [0, 0.1) is 11.3 Å². The van der Waals surface area contributed by atoms with Gasteiger partial charge in [0.25, 0.3) is 0 Å². The minimum atomic E-state index is -4.90. The minimum Gasteiger partial charge on any atom is -0.373 e. The van der Waals surface area contributed by atoms with Crippen molar-refractivity contribution in [1.82, 2.24) is 4.90 Å². The molecule has 1 heterocycles. The predicted octanol–water partition coefficient (Wildman–Crippen LogP) is 5.62. The van der Waals surface area contributed by atoms with Crippen molar-refractivity contribution in [3.8, 4) is 6.07 Å². The summed E-state index contributed by atoms with van der Waals surface area (Å²) >= 11 is 0. The van der Waals surface area contributed by atoms with Crippen LogP contribution in [-0.2, 0) is 23.7 Å². The van der Waals surface area contributed by atoms with Gasteiger partial charge >= 0.3 is 12.4 Å². The van der Waals surface area contributed by atoms with Crippen LogP contribution in [0.4, 0.5) is 26.3 Å². The van der Waals surface area contributed by atoms with Crippen LogP contribution in [0.1, 0.15) is 34.6 Å². The Balaban J connectivity index is 1.82. The van der Waals surface area contributed by atoms with Crippen LogP contribution in [0.2, 0.25) is 0 Å². The van der Waals surface area contributed by atoms with Gasteiger partial charge < -0.3 is 4.74 Å². The molecule has 0 amide bonds. The highest BCUT2D eigenvalue weighted by atomic mass is 19.4. The molecule has 0 spiro atoms. The third-order valence-electron chi connectivity index (χ3n) is 5.27. The van der Waals surface area contributed by atoms with Crippen LogP contribution in [0.3, 0.4) is 0 Å². The third-order valence-corrected chi connectivity index (χ3v) is 5.27. The minimum absolute atomic E-state index is 0.108. The van der Waals surface area contributed by atoms with Gasteiger partial charge in [-0.1, -0.05) is 30.3 Å². The van der Waals surface area contributed by atoms with E-state index in [0.717, 1.165) is 5.56 Å². The van der Waals surface area contributed by atoms with E-state index in [-0.39, 0.29) is 30.7 Å². The Bertz CT molecular complexity index is 888. The number of nitrogens with zero attached hydrogens (tertiary/aromatic N) is 2. The zero-order valence-electron chi connectivity index (χ0n) is 16.4. The number of rotatable bonds is 5. The zero-order valence-corrected chi connectivity index (χ0v) is 16.4. The van der Waals surface area contributed by atoms with Crippen LogP contribution in [-0.4, -0.2) is 30.6 Å². The van der Waals surface area contributed by atoms with Gasteiger partial charge in [-0.05, 0) is 35.7 Å². The zero-order chi connectivity index (χ0) is 22.6. The Morgan fingerprint density at radius 1 is 0.968 bits per heavy atom. The highest BCUT2D eigenvalue weighted by Gasteiger charge is 2.37. The number of nitriles is 1. The summed E-state index contributed by atoms with van der Waals surface area (Å²) in [5.41, 5.74) is -1.96. The number of likely N-dealkylation sites (tertiary alicyclic amines) is 1. The molecule has 1 aliphatic heterocycles. The van der Waals surface area contributed by atoms with Gasteiger partial charge in [-0.25, -0.2) is 0 Å². The quantitative estimate of drug-likeness (QED) is 0.445. The van der Waals surface area contributed by atoms with Crippen molar-refractivity contribution in [3.05, 3.63) is 70.8 Å². The SMILES string of the molecule is N#CCN1CCC(OCc2cc(C(F)(F)F)cc(C(F)(F)F)c2)C(c2ccccc2)C1. The molecule has 3 nitrogen and oxygen atoms in total. The maximum atomic E-state index is 13.1. The molecule has 2 atom stereocenters. The standard InChI is InChI=1S/C22H20F6N2O/c23-21(24,25)17-10-15(11-18(12-17)22(26,27)28)14-31-20-6-8-30(9-7-29)13-19(20)16-4-2-1-3-5-16/h1-5,10-12,19-20H,6,8-9,13-14H2. The summed E-state index contributed by atoms with van der Waals surface area (Å²) in [5.74, 6) is -0.156. The van der Waals surface area contributed by atoms with E-state index < -0.39 is 29.6 Å². The lowest BCUT2D eigenvalue weighted by Gasteiger charge is -2.37. The molecule has 0 bridgehead atoms. The number of alkyl halides is 6. The van der Waals surface area contributed by atoms with Crippen LogP contribution in [0.25, 0.3) is 0 Å². The van der Waals surface area contributed by atoms with E-state index in [0.29, 0.717) is 31.6 Å². The van der Waals surface area contributed by atoms with Gasteiger partial charge in [0.2, 0.25) is 0 Å². The number of hydrogen-bond acceptors (Lipinski definition) is 3. The van der Waals surface area contributed by atoms with Gasteiger partial charge in [-0.15, -0.1) is 0 Å². The van der Waals surface area contributed by atoms with Crippen LogP contribution in [0.5, 0.6) is 0 Å². The van der Waals surface area contributed by atoms with Gasteiger partial charge in [0.15, 0.2) is 0 Å². The molecule has 0 saturated carbocycles. The van der Waals surface area contributed by atoms with Gasteiger partial charge in [-0.3, -0.25) is 4.90 Å². The van der Waals surface area contributed by atoms with Crippen molar-refractivity contribution in [2.45, 2.75) is 37.4 Å². The average molecular weight is 442 g/mol. The molecular formula is C22H20F6N2O. The van der Waals surface area contributed by atoms with Crippen molar-refractivity contribution < 1.29 is 31.1 Å². The molecule has 31 heavy (non-hydrogen) atoms. The van der Waals surface area contributed by atoms with E-state index in [2.05, 4.69) is 6.07 Å². The predicted molar refractivity (Wildman–Crippen MR) is 101 cm³/mol. The Morgan fingerprint density at radius 2 is 1.58 bits per heavy atom. The summed E-state index contributed by atoms with van der Waals surface area (Å²) in [6, 6.07) is 12.9. The second kappa shape index (κ2) is 9.28. The van der Waals surface area contributed by atoms with E-state index >= 15 is 0 Å². The van der Waals surface area contributed by atoms with E-state index in [9.17, 15) is 26.3 Å². The second-order valence-electron chi connectivity index (χ2n) is 7.46. The Morgan fingerprint density at radius 3 is 2.13 bits per heavy atom. The van der Waals surface area contributed by atoms with Gasteiger partial charge in [-0.2, -0.15) is 31.6 Å². The molecule has 2 aromatic rings. The lowest BCUT2D eigenvalue weighted by Crippen LogP contribution is -2.43. The monoisotopic (exact) mass is 442 g/mol. The van der Waals surface area contributed by atoms with E-state index in [1.54, 1.807) is 0 Å². The Hall–Kier alpha value is -2.57. The molecular weight excluding hydrogens is 422 g/mol. The maximum Gasteiger partial charge on any atom is 0.416 e. The van der Waals surface area contributed by atoms with Crippen molar-refractivity contribution in [2.24, 2.45) is 0 Å². The molecule has 166 valence electrons. The fourth-order valence-corrected chi connectivity index (χ4v) is 3.77. The first-order valence-electron chi connectivity index (χ1n) is 9.62. The molecule has 0 radical (unpaired) electrons. The van der Waals surface area contributed by atoms with Crippen LogP contribution in [0.15, 0.2) is 48.5 Å². The second-order valence-corrected chi connectivity index (χ2v) is 7.46. The van der Waals surface area contributed by atoms with Crippen LogP contribution >= 0.6 is 0 Å². The molecule has 1 fully saturated rings. The summed E-state index contributed by atoms with van der Waals surface area (Å²) in [4.78, 5) is 1.95. The van der Waals surface area contributed by atoms with Gasteiger partial charge in [0.05, 0.1) is 36.5 Å². The number of hydrogen-bond donors (Lipinski definition) is 0. The van der Waals surface area contributed by atoms with Crippen molar-refractivity contribution >= 4 is 0 Å². The summed E-state index contributed by atoms with van der Waals surface area (Å²) in [5, 5.41) is 8.97. The van der Waals surface area contributed by atoms with E-state index in [1.807, 2.05) is 35.2 Å². The molecule has 0 aromatic heterocycles. The molecule has 0 N–H and O–H groups in total. The van der Waals surface area contributed by atoms with Gasteiger partial charge in [0.1, 0.15) is 0 Å². The molecule has 3 rings (SSSR count). The lowest BCUT2D eigenvalue weighted by molar-refractivity contribution is -0.143. The van der Waals surface area contributed by atoms with Gasteiger partial charge in [0, 0.05) is 19.0 Å². The maximum absolute atomic E-state index is 13.1. The molecule has 1 aliphatic rings. The van der Waals surface area contributed by atoms with Crippen molar-refractivity contribution in [1.29, 1.82) is 5.26 Å². The molecule has 9 heteroatoms. The van der Waals surface area contributed by atoms with E-state index in [4.69, 9.17) is 10.00 Å². The van der Waals surface area contributed by atoms with Crippen LogP contribution < -0.4 is 0 Å². The molecule has 2 unspecified atom stereocenters. The van der Waals surface area contributed by atoms with E-state index in [1.165, 1.54) is 0 Å². The molecule has 2 aromatic carbocycles. The fraction of sp³-hybridized carbons (Fsp3) is 0.409. The smallest absolute Gasteiger partial charge is 0.373 e. The molecule has 1 saturated heterocycles. The summed E-state index contributed by atoms with van der Waals surface area (Å²) < 4.78 is 84.4. The number of halogens is 6. The molecule has 0 aliphatic carbocycles. The highest BCUT2D eigenvalue weighted by molar-refractivity contribution is 5.33.